The molecule has 8 nitrogen and oxygen atoms in total. The zero-order valence-electron chi connectivity index (χ0n) is 16.3. The Hall–Kier alpha value is -3.07. The maximum atomic E-state index is 12.2. The van der Waals surface area contributed by atoms with Gasteiger partial charge in [-0.05, 0) is 32.0 Å². The van der Waals surface area contributed by atoms with Crippen LogP contribution in [0.15, 0.2) is 29.6 Å². The van der Waals surface area contributed by atoms with E-state index in [9.17, 15) is 4.79 Å². The second-order valence-electron chi connectivity index (χ2n) is 6.16. The molecule has 0 unspecified atom stereocenters. The van der Waals surface area contributed by atoms with Crippen LogP contribution in [0.4, 0.5) is 10.5 Å². The van der Waals surface area contributed by atoms with Gasteiger partial charge in [0.15, 0.2) is 0 Å². The Balaban J connectivity index is 1.53. The van der Waals surface area contributed by atoms with E-state index in [1.807, 2.05) is 30.0 Å². The highest BCUT2D eigenvalue weighted by atomic mass is 32.1. The molecule has 1 aromatic carbocycles. The standard InChI is InChI=1S/C19H23N5O3S/c1-12-9-13(2)24(23-12)19-21-14(11-28-19)7-8-20-18(25)22-16-6-5-15(26-3)10-17(16)27-4/h5-6,9-11H,7-8H2,1-4H3,(H2,20,22,25). The van der Waals surface area contributed by atoms with Crippen molar-refractivity contribution in [3.05, 3.63) is 46.7 Å². The van der Waals surface area contributed by atoms with Crippen molar-refractivity contribution in [2.75, 3.05) is 26.1 Å². The molecule has 148 valence electrons. The summed E-state index contributed by atoms with van der Waals surface area (Å²) in [7, 11) is 3.12. The molecule has 0 aliphatic rings. The zero-order chi connectivity index (χ0) is 20.1. The van der Waals surface area contributed by atoms with Gasteiger partial charge in [0.1, 0.15) is 11.5 Å². The molecule has 0 saturated heterocycles. The largest absolute Gasteiger partial charge is 0.497 e. The van der Waals surface area contributed by atoms with Gasteiger partial charge in [-0.1, -0.05) is 0 Å². The average Bonchev–Trinajstić information content (AvgIpc) is 3.27. The van der Waals surface area contributed by atoms with Crippen LogP contribution in [0.1, 0.15) is 17.1 Å². The zero-order valence-corrected chi connectivity index (χ0v) is 17.1. The molecule has 3 aromatic rings. The van der Waals surface area contributed by atoms with Crippen molar-refractivity contribution in [1.29, 1.82) is 0 Å². The summed E-state index contributed by atoms with van der Waals surface area (Å²) in [5, 5.41) is 12.9. The number of amides is 2. The van der Waals surface area contributed by atoms with Crippen LogP contribution in [0.3, 0.4) is 0 Å². The highest BCUT2D eigenvalue weighted by Gasteiger charge is 2.11. The van der Waals surface area contributed by atoms with Gasteiger partial charge in [-0.25, -0.2) is 14.5 Å². The van der Waals surface area contributed by atoms with Gasteiger partial charge >= 0.3 is 6.03 Å². The molecule has 0 atom stereocenters. The van der Waals surface area contributed by atoms with Crippen LogP contribution in [0.5, 0.6) is 11.5 Å². The topological polar surface area (TPSA) is 90.3 Å². The Morgan fingerprint density at radius 3 is 2.71 bits per heavy atom. The number of nitrogens with one attached hydrogen (secondary N) is 2. The van der Waals surface area contributed by atoms with Crippen LogP contribution in [-0.4, -0.2) is 41.6 Å². The van der Waals surface area contributed by atoms with Crippen molar-refractivity contribution in [2.24, 2.45) is 0 Å². The van der Waals surface area contributed by atoms with E-state index in [1.54, 1.807) is 32.4 Å². The van der Waals surface area contributed by atoms with E-state index in [1.165, 1.54) is 11.3 Å². The van der Waals surface area contributed by atoms with Gasteiger partial charge in [0, 0.05) is 30.1 Å². The third kappa shape index (κ3) is 4.61. The summed E-state index contributed by atoms with van der Waals surface area (Å²) in [5.41, 5.74) is 3.49. The molecule has 0 spiro atoms. The molecule has 0 saturated carbocycles. The van der Waals surface area contributed by atoms with Crippen LogP contribution >= 0.6 is 11.3 Å². The van der Waals surface area contributed by atoms with Crippen LogP contribution in [0.25, 0.3) is 5.13 Å². The van der Waals surface area contributed by atoms with E-state index < -0.39 is 0 Å². The fraction of sp³-hybridized carbons (Fsp3) is 0.316. The van der Waals surface area contributed by atoms with Crippen molar-refractivity contribution in [3.8, 4) is 16.6 Å². The quantitative estimate of drug-likeness (QED) is 0.634. The first kappa shape index (κ1) is 19.7. The highest BCUT2D eigenvalue weighted by molar-refractivity contribution is 7.12. The number of aryl methyl sites for hydroxylation is 2. The number of benzene rings is 1. The van der Waals surface area contributed by atoms with Crippen LogP contribution in [-0.2, 0) is 6.42 Å². The summed E-state index contributed by atoms with van der Waals surface area (Å²) < 4.78 is 12.3. The lowest BCUT2D eigenvalue weighted by molar-refractivity contribution is 0.252. The lowest BCUT2D eigenvalue weighted by Gasteiger charge is -2.12. The van der Waals surface area contributed by atoms with E-state index >= 15 is 0 Å². The van der Waals surface area contributed by atoms with E-state index in [4.69, 9.17) is 9.47 Å². The lowest BCUT2D eigenvalue weighted by Crippen LogP contribution is -2.30. The molecule has 0 fully saturated rings. The van der Waals surface area contributed by atoms with Crippen molar-refractivity contribution in [1.82, 2.24) is 20.1 Å². The Morgan fingerprint density at radius 1 is 1.21 bits per heavy atom. The fourth-order valence-corrected chi connectivity index (χ4v) is 3.57. The summed E-state index contributed by atoms with van der Waals surface area (Å²) in [6, 6.07) is 6.91. The monoisotopic (exact) mass is 401 g/mol. The predicted molar refractivity (Wildman–Crippen MR) is 109 cm³/mol. The number of hydrogen-bond donors (Lipinski definition) is 2. The molecule has 0 aliphatic heterocycles. The van der Waals surface area contributed by atoms with Gasteiger partial charge in [0.25, 0.3) is 0 Å². The molecule has 2 amide bonds. The van der Waals surface area contributed by atoms with Crippen LogP contribution in [0.2, 0.25) is 0 Å². The molecule has 0 radical (unpaired) electrons. The second-order valence-corrected chi connectivity index (χ2v) is 6.99. The first-order valence-electron chi connectivity index (χ1n) is 8.75. The maximum Gasteiger partial charge on any atom is 0.319 e. The number of nitrogens with zero attached hydrogens (tertiary/aromatic N) is 3. The number of rotatable bonds is 7. The molecular formula is C19H23N5O3S. The Labute approximate surface area is 167 Å². The molecule has 0 bridgehead atoms. The summed E-state index contributed by atoms with van der Waals surface area (Å²) in [4.78, 5) is 16.8. The SMILES string of the molecule is COc1ccc(NC(=O)NCCc2csc(-n3nc(C)cc3C)n2)c(OC)c1. The third-order valence-corrected chi connectivity index (χ3v) is 4.92. The minimum Gasteiger partial charge on any atom is -0.497 e. The Bertz CT molecular complexity index is 966. The van der Waals surface area contributed by atoms with Gasteiger partial charge in [0.05, 0.1) is 31.3 Å². The number of thiazole rings is 1. The average molecular weight is 401 g/mol. The molecule has 28 heavy (non-hydrogen) atoms. The fourth-order valence-electron chi connectivity index (χ4n) is 2.70. The van der Waals surface area contributed by atoms with Crippen molar-refractivity contribution in [3.63, 3.8) is 0 Å². The first-order chi connectivity index (χ1) is 13.5. The van der Waals surface area contributed by atoms with E-state index in [0.29, 0.717) is 30.2 Å². The van der Waals surface area contributed by atoms with Crippen molar-refractivity contribution < 1.29 is 14.3 Å². The summed E-state index contributed by atoms with van der Waals surface area (Å²) in [6.45, 7) is 4.42. The number of anilines is 1. The van der Waals surface area contributed by atoms with E-state index in [2.05, 4.69) is 20.7 Å². The van der Waals surface area contributed by atoms with Crippen molar-refractivity contribution >= 4 is 23.1 Å². The highest BCUT2D eigenvalue weighted by Crippen LogP contribution is 2.28. The van der Waals surface area contributed by atoms with Crippen LogP contribution < -0.4 is 20.1 Å². The minimum absolute atomic E-state index is 0.308. The molecule has 2 aromatic heterocycles. The number of methoxy groups -OCH3 is 2. The number of ether oxygens (including phenoxy) is 2. The number of carbonyl (C=O) groups excluding carboxylic acids is 1. The first-order valence-corrected chi connectivity index (χ1v) is 9.63. The van der Waals surface area contributed by atoms with Gasteiger partial charge in [-0.2, -0.15) is 5.10 Å². The van der Waals surface area contributed by atoms with Crippen molar-refractivity contribution in [2.45, 2.75) is 20.3 Å². The molecule has 2 N–H and O–H groups in total. The summed E-state index contributed by atoms with van der Waals surface area (Å²) in [6.07, 6.45) is 0.628. The normalized spacial score (nSPS) is 10.6. The molecule has 2 heterocycles. The maximum absolute atomic E-state index is 12.2. The summed E-state index contributed by atoms with van der Waals surface area (Å²) in [5.74, 6) is 1.19. The smallest absolute Gasteiger partial charge is 0.319 e. The summed E-state index contributed by atoms with van der Waals surface area (Å²) >= 11 is 1.53. The lowest BCUT2D eigenvalue weighted by atomic mass is 10.2. The molecular weight excluding hydrogens is 378 g/mol. The Kier molecular flexibility index (Phi) is 6.15. The molecule has 9 heteroatoms. The van der Waals surface area contributed by atoms with Gasteiger partial charge < -0.3 is 20.1 Å². The Morgan fingerprint density at radius 2 is 2.04 bits per heavy atom. The van der Waals surface area contributed by atoms with E-state index in [-0.39, 0.29) is 6.03 Å². The predicted octanol–water partition coefficient (Wildman–Crippen LogP) is 3.33. The van der Waals surface area contributed by atoms with E-state index in [0.717, 1.165) is 22.2 Å². The van der Waals surface area contributed by atoms with Gasteiger partial charge in [-0.3, -0.25) is 0 Å². The van der Waals surface area contributed by atoms with Gasteiger partial charge in [0.2, 0.25) is 5.13 Å². The number of aromatic nitrogens is 3. The second kappa shape index (κ2) is 8.75. The van der Waals surface area contributed by atoms with Crippen LogP contribution in [0, 0.1) is 13.8 Å². The molecule has 0 aliphatic carbocycles. The van der Waals surface area contributed by atoms with Gasteiger partial charge in [-0.15, -0.1) is 11.3 Å². The number of urea groups is 1. The third-order valence-electron chi connectivity index (χ3n) is 4.05. The molecule has 3 rings (SSSR count). The number of hydrogen-bond acceptors (Lipinski definition) is 6. The number of carbonyl (C=O) groups is 1. The minimum atomic E-state index is -0.308.